The molecule has 1 amide bonds. The summed E-state index contributed by atoms with van der Waals surface area (Å²) in [6.45, 7) is -0.568. The van der Waals surface area contributed by atoms with Crippen molar-refractivity contribution in [1.29, 1.82) is 0 Å². The molecule has 4 rings (SSSR count). The molecule has 0 unspecified atom stereocenters. The van der Waals surface area contributed by atoms with Crippen molar-refractivity contribution >= 4 is 51.0 Å². The van der Waals surface area contributed by atoms with Crippen molar-refractivity contribution in [2.24, 2.45) is 4.99 Å². The van der Waals surface area contributed by atoms with Crippen molar-refractivity contribution in [2.45, 2.75) is 6.42 Å². The van der Waals surface area contributed by atoms with Crippen molar-refractivity contribution in [3.05, 3.63) is 64.9 Å². The number of benzene rings is 2. The molecule has 30 heavy (non-hydrogen) atoms. The zero-order valence-electron chi connectivity index (χ0n) is 16.2. The summed E-state index contributed by atoms with van der Waals surface area (Å²) in [5.41, 5.74) is 4.39. The lowest BCUT2D eigenvalue weighted by atomic mass is 10.1. The number of aliphatic hydroxyl groups is 1. The van der Waals surface area contributed by atoms with Gasteiger partial charge in [-0.25, -0.2) is 4.98 Å². The Kier molecular flexibility index (Phi) is 5.78. The highest BCUT2D eigenvalue weighted by molar-refractivity contribution is 9.10. The Morgan fingerprint density at radius 3 is 2.83 bits per heavy atom. The van der Waals surface area contributed by atoms with Crippen LogP contribution in [0, 0.1) is 0 Å². The highest BCUT2D eigenvalue weighted by Gasteiger charge is 2.17. The number of likely N-dealkylation sites (N-methyl/N-ethyl adjacent to an activating group) is 1. The Morgan fingerprint density at radius 2 is 2.10 bits per heavy atom. The van der Waals surface area contributed by atoms with Crippen LogP contribution in [0.3, 0.4) is 0 Å². The molecule has 152 valence electrons. The number of nitrogens with zero attached hydrogens (tertiary/aromatic N) is 3. The number of carbonyl (C=O) groups is 1. The first-order chi connectivity index (χ1) is 14.6. The van der Waals surface area contributed by atoms with Gasteiger partial charge in [-0.15, -0.1) is 0 Å². The predicted octanol–water partition coefficient (Wildman–Crippen LogP) is 4.62. The summed E-state index contributed by atoms with van der Waals surface area (Å²) in [4.78, 5) is 21.7. The molecule has 0 aliphatic carbocycles. The normalized spacial score (nSPS) is 12.7. The molecule has 1 aromatic heterocycles. The molecule has 2 heterocycles. The first kappa shape index (κ1) is 20.1. The van der Waals surface area contributed by atoms with E-state index in [0.29, 0.717) is 23.0 Å². The van der Waals surface area contributed by atoms with Gasteiger partial charge < -0.3 is 19.7 Å². The molecule has 2 aromatic carbocycles. The molecule has 0 fully saturated rings. The number of anilines is 3. The topological polar surface area (TPSA) is 91.0 Å². The second-order valence-corrected chi connectivity index (χ2v) is 7.52. The van der Waals surface area contributed by atoms with E-state index in [0.717, 1.165) is 27.7 Å². The predicted molar refractivity (Wildman–Crippen MR) is 121 cm³/mol. The molecule has 0 bridgehead atoms. The molecule has 8 heteroatoms. The largest absolute Gasteiger partial charge is 0.423 e. The molecular formula is C22H19BrN4O3. The van der Waals surface area contributed by atoms with Gasteiger partial charge in [0.25, 0.3) is 11.9 Å². The maximum Gasteiger partial charge on any atom is 0.299 e. The fraction of sp³-hybridized carbons (Fsp3) is 0.136. The fourth-order valence-electron chi connectivity index (χ4n) is 3.17. The van der Waals surface area contributed by atoms with Crippen molar-refractivity contribution < 1.29 is 14.3 Å². The average molecular weight is 467 g/mol. The second kappa shape index (κ2) is 8.64. The van der Waals surface area contributed by atoms with Gasteiger partial charge in [0.05, 0.1) is 11.9 Å². The maximum absolute atomic E-state index is 11.9. The van der Waals surface area contributed by atoms with Gasteiger partial charge in [0.1, 0.15) is 6.61 Å². The molecular weight excluding hydrogens is 448 g/mol. The van der Waals surface area contributed by atoms with E-state index < -0.39 is 12.5 Å². The summed E-state index contributed by atoms with van der Waals surface area (Å²) < 4.78 is 6.83. The Balaban J connectivity index is 1.56. The minimum atomic E-state index is -0.568. The lowest BCUT2D eigenvalue weighted by molar-refractivity contribution is -0.120. The summed E-state index contributed by atoms with van der Waals surface area (Å²) in [5, 5.41) is 12.3. The van der Waals surface area contributed by atoms with Crippen LogP contribution in [0.5, 0.6) is 0 Å². The van der Waals surface area contributed by atoms with E-state index in [2.05, 4.69) is 31.2 Å². The zero-order chi connectivity index (χ0) is 21.1. The van der Waals surface area contributed by atoms with E-state index in [1.807, 2.05) is 48.8 Å². The third kappa shape index (κ3) is 4.05. The molecule has 3 aromatic rings. The Morgan fingerprint density at radius 1 is 1.27 bits per heavy atom. The van der Waals surface area contributed by atoms with Crippen LogP contribution in [0.15, 0.2) is 68.7 Å². The van der Waals surface area contributed by atoms with Crippen LogP contribution in [0.25, 0.3) is 16.9 Å². The molecule has 0 atom stereocenters. The van der Waals surface area contributed by atoms with Crippen LogP contribution in [-0.4, -0.2) is 35.9 Å². The lowest BCUT2D eigenvalue weighted by Crippen LogP contribution is -2.29. The zero-order valence-corrected chi connectivity index (χ0v) is 17.8. The van der Waals surface area contributed by atoms with E-state index in [1.54, 1.807) is 19.3 Å². The summed E-state index contributed by atoms with van der Waals surface area (Å²) in [6, 6.07) is 13.5. The number of halogens is 1. The van der Waals surface area contributed by atoms with Crippen LogP contribution in [-0.2, 0) is 4.79 Å². The van der Waals surface area contributed by atoms with Gasteiger partial charge in [0, 0.05) is 41.6 Å². The number of allylic oxidation sites excluding steroid dienone is 1. The average Bonchev–Trinajstić information content (AvgIpc) is 3.45. The Hall–Kier alpha value is -3.23. The third-order valence-corrected chi connectivity index (χ3v) is 5.42. The minimum Gasteiger partial charge on any atom is -0.423 e. The number of aliphatic imine (C=N–C) groups is 1. The van der Waals surface area contributed by atoms with Crippen LogP contribution in [0.2, 0.25) is 0 Å². The third-order valence-electron chi connectivity index (χ3n) is 4.76. The van der Waals surface area contributed by atoms with E-state index in [-0.39, 0.29) is 0 Å². The first-order valence-electron chi connectivity index (χ1n) is 9.27. The summed E-state index contributed by atoms with van der Waals surface area (Å²) in [5.74, 6) is 0.0997. The summed E-state index contributed by atoms with van der Waals surface area (Å²) in [6.07, 6.45) is 6.17. The van der Waals surface area contributed by atoms with Gasteiger partial charge in [0.15, 0.2) is 5.76 Å². The summed E-state index contributed by atoms with van der Waals surface area (Å²) in [7, 11) is 1.61. The van der Waals surface area contributed by atoms with Gasteiger partial charge in [-0.1, -0.05) is 34.1 Å². The molecule has 7 nitrogen and oxygen atoms in total. The number of carbonyl (C=O) groups excluding carboxylic acids is 1. The standard InChI is InChI=1S/C22H19BrN4O3/c1-27(21(29)13-28)19-5-3-2-4-17(19)20-12-25-22(30-20)26-15-6-7-16(18(23)10-15)14-8-9-24-11-14/h2-7,9-12,28H,8,13H2,1H3,(H,25,26). The molecule has 1 aliphatic rings. The summed E-state index contributed by atoms with van der Waals surface area (Å²) >= 11 is 3.61. The Bertz CT molecular complexity index is 1150. The van der Waals surface area contributed by atoms with Crippen LogP contribution in [0.1, 0.15) is 12.0 Å². The number of oxazole rings is 1. The number of aliphatic hydroxyl groups excluding tert-OH is 1. The molecule has 0 spiro atoms. The van der Waals surface area contributed by atoms with Gasteiger partial charge >= 0.3 is 0 Å². The van der Waals surface area contributed by atoms with Gasteiger partial charge in [-0.2, -0.15) is 0 Å². The van der Waals surface area contributed by atoms with Gasteiger partial charge in [-0.3, -0.25) is 9.79 Å². The van der Waals surface area contributed by atoms with Gasteiger partial charge in [-0.05, 0) is 35.4 Å². The highest BCUT2D eigenvalue weighted by Crippen LogP contribution is 2.34. The number of hydrogen-bond donors (Lipinski definition) is 2. The molecule has 0 radical (unpaired) electrons. The number of aromatic nitrogens is 1. The van der Waals surface area contributed by atoms with Crippen LogP contribution >= 0.6 is 15.9 Å². The lowest BCUT2D eigenvalue weighted by Gasteiger charge is -2.18. The number of amides is 1. The van der Waals surface area contributed by atoms with Gasteiger partial charge in [0.2, 0.25) is 0 Å². The fourth-order valence-corrected chi connectivity index (χ4v) is 3.81. The van der Waals surface area contributed by atoms with Crippen molar-refractivity contribution in [2.75, 3.05) is 23.9 Å². The number of nitrogens with one attached hydrogen (secondary N) is 1. The van der Waals surface area contributed by atoms with Crippen LogP contribution in [0.4, 0.5) is 17.4 Å². The number of para-hydroxylation sites is 1. The number of rotatable bonds is 6. The van der Waals surface area contributed by atoms with Crippen molar-refractivity contribution in [3.63, 3.8) is 0 Å². The second-order valence-electron chi connectivity index (χ2n) is 6.67. The van der Waals surface area contributed by atoms with Crippen molar-refractivity contribution in [3.8, 4) is 11.3 Å². The number of hydrogen-bond acceptors (Lipinski definition) is 6. The maximum atomic E-state index is 11.9. The minimum absolute atomic E-state index is 0.332. The first-order valence-corrected chi connectivity index (χ1v) is 10.1. The smallest absolute Gasteiger partial charge is 0.299 e. The SMILES string of the molecule is CN(C(=O)CO)c1ccccc1-c1cnc(Nc2ccc(C3=CN=CC3)c(Br)c2)o1. The van der Waals surface area contributed by atoms with E-state index >= 15 is 0 Å². The molecule has 0 saturated heterocycles. The monoisotopic (exact) mass is 466 g/mol. The molecule has 1 aliphatic heterocycles. The van der Waals surface area contributed by atoms with Crippen LogP contribution < -0.4 is 10.2 Å². The van der Waals surface area contributed by atoms with Crippen molar-refractivity contribution in [1.82, 2.24) is 4.98 Å². The molecule has 2 N–H and O–H groups in total. The quantitative estimate of drug-likeness (QED) is 0.552. The highest BCUT2D eigenvalue weighted by atomic mass is 79.9. The van der Waals surface area contributed by atoms with E-state index in [9.17, 15) is 4.79 Å². The molecule has 0 saturated carbocycles. The van der Waals surface area contributed by atoms with E-state index in [1.165, 1.54) is 4.90 Å². The van der Waals surface area contributed by atoms with E-state index in [4.69, 9.17) is 9.52 Å². The Labute approximate surface area is 181 Å².